The number of benzene rings is 2. The number of pyridine rings is 1. The molecule has 2 aromatic carbocycles. The number of likely N-dealkylation sites (N-methyl/N-ethyl adjacent to an activating group) is 1. The predicted molar refractivity (Wildman–Crippen MR) is 110 cm³/mol. The molecule has 0 bridgehead atoms. The van der Waals surface area contributed by atoms with E-state index in [9.17, 15) is 9.59 Å². The first-order valence-corrected chi connectivity index (χ1v) is 9.41. The van der Waals surface area contributed by atoms with E-state index in [1.165, 1.54) is 4.90 Å². The molecule has 0 fully saturated rings. The average Bonchev–Trinajstić information content (AvgIpc) is 2.87. The molecule has 3 aromatic rings. The summed E-state index contributed by atoms with van der Waals surface area (Å²) in [4.78, 5) is 31.2. The van der Waals surface area contributed by atoms with E-state index in [0.29, 0.717) is 17.9 Å². The first-order chi connectivity index (χ1) is 14.1. The maximum atomic E-state index is 12.8. The summed E-state index contributed by atoms with van der Waals surface area (Å²) in [6.07, 6.45) is 2.31. The summed E-state index contributed by atoms with van der Waals surface area (Å²) >= 11 is 0. The van der Waals surface area contributed by atoms with E-state index < -0.39 is 11.9 Å². The molecule has 29 heavy (non-hydrogen) atoms. The molecule has 6 heteroatoms. The van der Waals surface area contributed by atoms with Crippen LogP contribution in [0.25, 0.3) is 0 Å². The topological polar surface area (TPSA) is 71.5 Å². The Morgan fingerprint density at radius 2 is 1.86 bits per heavy atom. The zero-order chi connectivity index (χ0) is 20.2. The lowest BCUT2D eigenvalue weighted by atomic mass is 10.1. The first kappa shape index (κ1) is 18.7. The fourth-order valence-corrected chi connectivity index (χ4v) is 3.33. The average molecular weight is 387 g/mol. The Kier molecular flexibility index (Phi) is 5.24. The smallest absolute Gasteiger partial charge is 0.270 e. The predicted octanol–water partition coefficient (Wildman–Crippen LogP) is 2.83. The van der Waals surface area contributed by atoms with Crippen molar-refractivity contribution >= 4 is 17.5 Å². The van der Waals surface area contributed by atoms with E-state index in [2.05, 4.69) is 10.3 Å². The number of aromatic nitrogens is 1. The van der Waals surface area contributed by atoms with Crippen molar-refractivity contribution in [3.63, 3.8) is 0 Å². The number of para-hydroxylation sites is 2. The van der Waals surface area contributed by atoms with E-state index in [4.69, 9.17) is 4.74 Å². The van der Waals surface area contributed by atoms with Gasteiger partial charge in [0.15, 0.2) is 0 Å². The van der Waals surface area contributed by atoms with Crippen LogP contribution in [0, 0.1) is 0 Å². The van der Waals surface area contributed by atoms with Crippen molar-refractivity contribution in [2.24, 2.45) is 0 Å². The molecule has 2 heterocycles. The molecule has 0 unspecified atom stereocenters. The molecule has 2 amide bonds. The molecule has 0 aliphatic carbocycles. The molecule has 146 valence electrons. The van der Waals surface area contributed by atoms with Crippen LogP contribution in [0.4, 0.5) is 5.69 Å². The number of amides is 2. The fraction of sp³-hybridized carbons (Fsp3) is 0.174. The zero-order valence-corrected chi connectivity index (χ0v) is 16.0. The van der Waals surface area contributed by atoms with Gasteiger partial charge in [-0.05, 0) is 41.8 Å². The quantitative estimate of drug-likeness (QED) is 0.747. The molecule has 1 aliphatic heterocycles. The van der Waals surface area contributed by atoms with Crippen molar-refractivity contribution in [2.45, 2.75) is 12.5 Å². The molecule has 0 spiro atoms. The van der Waals surface area contributed by atoms with Gasteiger partial charge in [0.1, 0.15) is 24.1 Å². The largest absolute Gasteiger partial charge is 0.489 e. The Morgan fingerprint density at radius 3 is 2.69 bits per heavy atom. The number of nitrogens with one attached hydrogen (secondary N) is 1. The minimum Gasteiger partial charge on any atom is -0.489 e. The first-order valence-electron chi connectivity index (χ1n) is 9.41. The van der Waals surface area contributed by atoms with Crippen LogP contribution < -0.4 is 15.0 Å². The molecule has 1 aromatic heterocycles. The van der Waals surface area contributed by atoms with Crippen LogP contribution in [0.2, 0.25) is 0 Å². The lowest BCUT2D eigenvalue weighted by Crippen LogP contribution is -2.49. The molecular formula is C23H21N3O3. The van der Waals surface area contributed by atoms with Gasteiger partial charge in [0.2, 0.25) is 0 Å². The van der Waals surface area contributed by atoms with Crippen molar-refractivity contribution in [3.05, 3.63) is 89.7 Å². The Balaban J connectivity index is 1.48. The minimum absolute atomic E-state index is 0.0651. The molecule has 0 radical (unpaired) electrons. The molecular weight excluding hydrogens is 366 g/mol. The summed E-state index contributed by atoms with van der Waals surface area (Å²) in [5.41, 5.74) is 3.08. The number of anilines is 1. The van der Waals surface area contributed by atoms with Crippen molar-refractivity contribution < 1.29 is 14.3 Å². The molecule has 4 rings (SSSR count). The molecule has 0 saturated heterocycles. The van der Waals surface area contributed by atoms with Crippen LogP contribution in [-0.4, -0.2) is 36.5 Å². The van der Waals surface area contributed by atoms with Gasteiger partial charge >= 0.3 is 0 Å². The highest BCUT2D eigenvalue weighted by Crippen LogP contribution is 2.29. The van der Waals surface area contributed by atoms with Crippen molar-refractivity contribution in [3.8, 4) is 5.75 Å². The van der Waals surface area contributed by atoms with Gasteiger partial charge in [-0.2, -0.15) is 0 Å². The summed E-state index contributed by atoms with van der Waals surface area (Å²) in [7, 11) is 1.67. The lowest BCUT2D eigenvalue weighted by Gasteiger charge is -2.20. The Morgan fingerprint density at radius 1 is 1.10 bits per heavy atom. The summed E-state index contributed by atoms with van der Waals surface area (Å²) in [6, 6.07) is 20.2. The third-order valence-corrected chi connectivity index (χ3v) is 4.87. The maximum Gasteiger partial charge on any atom is 0.270 e. The second kappa shape index (κ2) is 8.14. The second-order valence-corrected chi connectivity index (χ2v) is 6.91. The number of carbonyl (C=O) groups is 2. The van der Waals surface area contributed by atoms with E-state index in [0.717, 1.165) is 11.1 Å². The number of ether oxygens (including phenoxy) is 1. The molecule has 6 nitrogen and oxygen atoms in total. The van der Waals surface area contributed by atoms with Gasteiger partial charge in [0.25, 0.3) is 11.8 Å². The Labute approximate surface area is 169 Å². The number of hydrogen-bond acceptors (Lipinski definition) is 4. The van der Waals surface area contributed by atoms with Crippen LogP contribution in [0.3, 0.4) is 0 Å². The Hall–Kier alpha value is -3.67. The van der Waals surface area contributed by atoms with Gasteiger partial charge in [0.05, 0.1) is 5.69 Å². The van der Waals surface area contributed by atoms with E-state index in [1.54, 1.807) is 25.4 Å². The van der Waals surface area contributed by atoms with Crippen LogP contribution in [0.5, 0.6) is 5.75 Å². The number of nitrogens with zero attached hydrogens (tertiary/aromatic N) is 2. The highest BCUT2D eigenvalue weighted by atomic mass is 16.5. The molecule has 1 atom stereocenters. The summed E-state index contributed by atoms with van der Waals surface area (Å²) in [6.45, 7) is 0.0651. The van der Waals surface area contributed by atoms with Gasteiger partial charge in [-0.1, -0.05) is 42.5 Å². The van der Waals surface area contributed by atoms with Crippen LogP contribution in [0.1, 0.15) is 21.6 Å². The zero-order valence-electron chi connectivity index (χ0n) is 16.0. The lowest BCUT2D eigenvalue weighted by molar-refractivity contribution is -0.120. The van der Waals surface area contributed by atoms with Gasteiger partial charge in [-0.25, -0.2) is 0 Å². The van der Waals surface area contributed by atoms with Crippen LogP contribution in [0.15, 0.2) is 72.9 Å². The maximum absolute atomic E-state index is 12.8. The van der Waals surface area contributed by atoms with Gasteiger partial charge in [0, 0.05) is 13.2 Å². The second-order valence-electron chi connectivity index (χ2n) is 6.91. The number of carbonyl (C=O) groups excluding carboxylic acids is 2. The summed E-state index contributed by atoms with van der Waals surface area (Å²) < 4.78 is 5.74. The fourth-order valence-electron chi connectivity index (χ4n) is 3.33. The van der Waals surface area contributed by atoms with Gasteiger partial charge < -0.3 is 15.0 Å². The number of fused-ring (bicyclic) bond motifs is 1. The normalized spacial score (nSPS) is 15.8. The molecule has 0 saturated carbocycles. The van der Waals surface area contributed by atoms with E-state index >= 15 is 0 Å². The van der Waals surface area contributed by atoms with Gasteiger partial charge in [-0.15, -0.1) is 0 Å². The van der Waals surface area contributed by atoms with Crippen LogP contribution >= 0.6 is 0 Å². The molecule has 1 N–H and O–H groups in total. The van der Waals surface area contributed by atoms with Crippen LogP contribution in [-0.2, 0) is 11.2 Å². The monoisotopic (exact) mass is 387 g/mol. The highest BCUT2D eigenvalue weighted by Gasteiger charge is 2.30. The summed E-state index contributed by atoms with van der Waals surface area (Å²) in [5, 5.41) is 2.76. The number of rotatable bonds is 4. The van der Waals surface area contributed by atoms with Crippen molar-refractivity contribution in [1.29, 1.82) is 0 Å². The SMILES string of the molecule is CN1C(=O)[C@@H](NC(=O)c2cc(Cc3ccccc3)ccn2)COc2ccccc21. The number of hydrogen-bond donors (Lipinski definition) is 1. The van der Waals surface area contributed by atoms with Crippen molar-refractivity contribution in [1.82, 2.24) is 10.3 Å². The third-order valence-electron chi connectivity index (χ3n) is 4.87. The molecule has 1 aliphatic rings. The van der Waals surface area contributed by atoms with E-state index in [1.807, 2.05) is 54.6 Å². The summed E-state index contributed by atoms with van der Waals surface area (Å²) in [5.74, 6) is -0.0203. The van der Waals surface area contributed by atoms with Gasteiger partial charge in [-0.3, -0.25) is 14.6 Å². The minimum atomic E-state index is -0.792. The highest BCUT2D eigenvalue weighted by molar-refractivity contribution is 6.02. The standard InChI is InChI=1S/C23H21N3O3/c1-26-20-9-5-6-10-21(20)29-15-19(23(26)28)25-22(27)18-14-17(11-12-24-18)13-16-7-3-2-4-8-16/h2-12,14,19H,13,15H2,1H3,(H,25,27)/t19-/m0/s1. The van der Waals surface area contributed by atoms with Crippen molar-refractivity contribution in [2.75, 3.05) is 18.6 Å². The van der Waals surface area contributed by atoms with E-state index in [-0.39, 0.29) is 18.2 Å². The Bertz CT molecular complexity index is 1040. The third kappa shape index (κ3) is 4.11.